The second-order valence-electron chi connectivity index (χ2n) is 7.04. The van der Waals surface area contributed by atoms with Crippen LogP contribution in [0.4, 0.5) is 0 Å². The van der Waals surface area contributed by atoms with E-state index in [0.29, 0.717) is 6.04 Å². The molecule has 0 bridgehead atoms. The van der Waals surface area contributed by atoms with Crippen LogP contribution in [0.2, 0.25) is 0 Å². The summed E-state index contributed by atoms with van der Waals surface area (Å²) in [5.74, 6) is 0.914. The normalized spacial score (nSPS) is 25.2. The summed E-state index contributed by atoms with van der Waals surface area (Å²) in [6.45, 7) is 7.15. The molecule has 0 radical (unpaired) electrons. The summed E-state index contributed by atoms with van der Waals surface area (Å²) in [6.07, 6.45) is 9.93. The Balaban J connectivity index is 1.83. The largest absolute Gasteiger partial charge is 0.313 e. The molecule has 0 aromatic heterocycles. The van der Waals surface area contributed by atoms with Crippen LogP contribution in [0.1, 0.15) is 51.9 Å². The lowest BCUT2D eigenvalue weighted by Gasteiger charge is -2.39. The number of nitrogens with one attached hydrogen (secondary N) is 1. The molecule has 0 aromatic carbocycles. The van der Waals surface area contributed by atoms with Crippen LogP contribution in [-0.2, 0) is 0 Å². The fraction of sp³-hybridized carbons (Fsp3) is 1.00. The molecule has 0 spiro atoms. The molecular formula is C17H35N3. The first-order valence-electron chi connectivity index (χ1n) is 8.83. The first kappa shape index (κ1) is 16.3. The molecule has 1 heterocycles. The van der Waals surface area contributed by atoms with E-state index >= 15 is 0 Å². The van der Waals surface area contributed by atoms with Crippen LogP contribution < -0.4 is 5.32 Å². The zero-order valence-corrected chi connectivity index (χ0v) is 13.9. The van der Waals surface area contributed by atoms with Crippen molar-refractivity contribution in [2.45, 2.75) is 64.0 Å². The molecular weight excluding hydrogens is 246 g/mol. The average Bonchev–Trinajstić information content (AvgIpc) is 2.48. The Labute approximate surface area is 126 Å². The molecule has 3 nitrogen and oxygen atoms in total. The number of piperidine rings is 1. The van der Waals surface area contributed by atoms with Gasteiger partial charge >= 0.3 is 0 Å². The summed E-state index contributed by atoms with van der Waals surface area (Å²) in [5.41, 5.74) is 0. The van der Waals surface area contributed by atoms with Crippen LogP contribution in [0, 0.1) is 5.92 Å². The van der Waals surface area contributed by atoms with E-state index in [-0.39, 0.29) is 0 Å². The van der Waals surface area contributed by atoms with Crippen LogP contribution in [-0.4, -0.2) is 62.2 Å². The van der Waals surface area contributed by atoms with Gasteiger partial charge in [0.25, 0.3) is 0 Å². The lowest BCUT2D eigenvalue weighted by molar-refractivity contribution is 0.118. The summed E-state index contributed by atoms with van der Waals surface area (Å²) in [5, 5.41) is 3.78. The Morgan fingerprint density at radius 3 is 2.35 bits per heavy atom. The second kappa shape index (κ2) is 8.35. The first-order chi connectivity index (χ1) is 9.70. The third kappa shape index (κ3) is 4.71. The van der Waals surface area contributed by atoms with Gasteiger partial charge in [-0.2, -0.15) is 0 Å². The van der Waals surface area contributed by atoms with E-state index in [4.69, 9.17) is 0 Å². The van der Waals surface area contributed by atoms with E-state index < -0.39 is 0 Å². The maximum absolute atomic E-state index is 3.78. The smallest absolute Gasteiger partial charge is 0.0223 e. The molecule has 1 aliphatic heterocycles. The quantitative estimate of drug-likeness (QED) is 0.807. The monoisotopic (exact) mass is 281 g/mol. The standard InChI is InChI=1S/C17H35N3/c1-4-18-17(15-8-6-5-7-9-15)14-20(3)16-10-12-19(2)13-11-16/h15-18H,4-14H2,1-3H3. The van der Waals surface area contributed by atoms with Gasteiger partial charge in [-0.25, -0.2) is 0 Å². The van der Waals surface area contributed by atoms with Gasteiger partial charge in [-0.1, -0.05) is 26.2 Å². The molecule has 1 saturated heterocycles. The predicted octanol–water partition coefficient (Wildman–Crippen LogP) is 2.57. The van der Waals surface area contributed by atoms with Gasteiger partial charge in [-0.3, -0.25) is 0 Å². The van der Waals surface area contributed by atoms with Gasteiger partial charge in [0.15, 0.2) is 0 Å². The summed E-state index contributed by atoms with van der Waals surface area (Å²) in [6, 6.07) is 1.51. The lowest BCUT2D eigenvalue weighted by atomic mass is 9.83. The number of hydrogen-bond acceptors (Lipinski definition) is 3. The minimum Gasteiger partial charge on any atom is -0.313 e. The molecule has 0 aromatic rings. The fourth-order valence-corrected chi connectivity index (χ4v) is 4.07. The number of likely N-dealkylation sites (N-methyl/N-ethyl adjacent to an activating group) is 2. The van der Waals surface area contributed by atoms with Crippen LogP contribution in [0.3, 0.4) is 0 Å². The third-order valence-corrected chi connectivity index (χ3v) is 5.48. The zero-order valence-electron chi connectivity index (χ0n) is 13.9. The molecule has 118 valence electrons. The van der Waals surface area contributed by atoms with E-state index in [1.165, 1.54) is 64.6 Å². The molecule has 1 aliphatic carbocycles. The van der Waals surface area contributed by atoms with Gasteiger partial charge in [0.05, 0.1) is 0 Å². The van der Waals surface area contributed by atoms with Gasteiger partial charge < -0.3 is 15.1 Å². The SMILES string of the molecule is CCNC(CN(C)C1CCN(C)CC1)C1CCCCC1. The molecule has 3 heteroatoms. The van der Waals surface area contributed by atoms with Gasteiger partial charge in [0, 0.05) is 18.6 Å². The topological polar surface area (TPSA) is 18.5 Å². The van der Waals surface area contributed by atoms with Gasteiger partial charge in [-0.15, -0.1) is 0 Å². The summed E-state index contributed by atoms with van der Waals surface area (Å²) >= 11 is 0. The van der Waals surface area contributed by atoms with E-state index in [1.54, 1.807) is 0 Å². The average molecular weight is 281 g/mol. The molecule has 2 fully saturated rings. The molecule has 1 atom stereocenters. The zero-order chi connectivity index (χ0) is 14.4. The number of hydrogen-bond donors (Lipinski definition) is 1. The molecule has 1 N–H and O–H groups in total. The minimum absolute atomic E-state index is 0.713. The Hall–Kier alpha value is -0.120. The maximum Gasteiger partial charge on any atom is 0.0223 e. The summed E-state index contributed by atoms with van der Waals surface area (Å²) < 4.78 is 0. The van der Waals surface area contributed by atoms with Crippen molar-refractivity contribution in [3.8, 4) is 0 Å². The van der Waals surface area contributed by atoms with Gasteiger partial charge in [0.1, 0.15) is 0 Å². The predicted molar refractivity (Wildman–Crippen MR) is 87.2 cm³/mol. The van der Waals surface area contributed by atoms with Crippen LogP contribution in [0.15, 0.2) is 0 Å². The number of rotatable bonds is 6. The van der Waals surface area contributed by atoms with Crippen molar-refractivity contribution < 1.29 is 0 Å². The number of nitrogens with zero attached hydrogens (tertiary/aromatic N) is 2. The van der Waals surface area contributed by atoms with Crippen molar-refractivity contribution in [1.82, 2.24) is 15.1 Å². The highest BCUT2D eigenvalue weighted by molar-refractivity contribution is 4.85. The Morgan fingerprint density at radius 2 is 1.75 bits per heavy atom. The van der Waals surface area contributed by atoms with Crippen molar-refractivity contribution >= 4 is 0 Å². The van der Waals surface area contributed by atoms with E-state index in [0.717, 1.165) is 18.5 Å². The highest BCUT2D eigenvalue weighted by atomic mass is 15.2. The molecule has 1 unspecified atom stereocenters. The lowest BCUT2D eigenvalue weighted by Crippen LogP contribution is -2.50. The Morgan fingerprint density at radius 1 is 1.10 bits per heavy atom. The van der Waals surface area contributed by atoms with Crippen LogP contribution in [0.5, 0.6) is 0 Å². The highest BCUT2D eigenvalue weighted by Gasteiger charge is 2.27. The molecule has 1 saturated carbocycles. The molecule has 0 amide bonds. The van der Waals surface area contributed by atoms with E-state index in [9.17, 15) is 0 Å². The van der Waals surface area contributed by atoms with Crippen molar-refractivity contribution in [2.75, 3.05) is 40.3 Å². The van der Waals surface area contributed by atoms with Crippen molar-refractivity contribution in [2.24, 2.45) is 5.92 Å². The van der Waals surface area contributed by atoms with Gasteiger partial charge in [-0.05, 0) is 65.3 Å². The fourth-order valence-electron chi connectivity index (χ4n) is 4.07. The molecule has 20 heavy (non-hydrogen) atoms. The second-order valence-corrected chi connectivity index (χ2v) is 7.04. The highest BCUT2D eigenvalue weighted by Crippen LogP contribution is 2.27. The van der Waals surface area contributed by atoms with Crippen molar-refractivity contribution in [3.05, 3.63) is 0 Å². The minimum atomic E-state index is 0.713. The van der Waals surface area contributed by atoms with Crippen molar-refractivity contribution in [1.29, 1.82) is 0 Å². The first-order valence-corrected chi connectivity index (χ1v) is 8.83. The van der Waals surface area contributed by atoms with Crippen molar-refractivity contribution in [3.63, 3.8) is 0 Å². The third-order valence-electron chi connectivity index (χ3n) is 5.48. The van der Waals surface area contributed by atoms with Gasteiger partial charge in [0.2, 0.25) is 0 Å². The molecule has 2 rings (SSSR count). The number of likely N-dealkylation sites (tertiary alicyclic amines) is 1. The Kier molecular flexibility index (Phi) is 6.79. The summed E-state index contributed by atoms with van der Waals surface area (Å²) in [4.78, 5) is 5.11. The van der Waals surface area contributed by atoms with E-state index in [1.807, 2.05) is 0 Å². The molecule has 2 aliphatic rings. The van der Waals surface area contributed by atoms with Crippen LogP contribution >= 0.6 is 0 Å². The maximum atomic E-state index is 3.78. The summed E-state index contributed by atoms with van der Waals surface area (Å²) in [7, 11) is 4.60. The Bertz CT molecular complexity index is 255. The van der Waals surface area contributed by atoms with E-state index in [2.05, 4.69) is 36.1 Å². The van der Waals surface area contributed by atoms with Crippen LogP contribution in [0.25, 0.3) is 0 Å².